The van der Waals surface area contributed by atoms with Crippen LogP contribution in [0.3, 0.4) is 0 Å². The second kappa shape index (κ2) is 9.94. The first kappa shape index (κ1) is 24.0. The summed E-state index contributed by atoms with van der Waals surface area (Å²) >= 11 is 0. The fourth-order valence-corrected chi connectivity index (χ4v) is 2.65. The number of rotatable bonds is 12. The molecule has 0 amide bonds. The first-order valence-electron chi connectivity index (χ1n) is 7.98. The number of carbonyl (C=O) groups excluding carboxylic acids is 1. The average Bonchev–Trinajstić information content (AvgIpc) is 2.65. The molecule has 1 rings (SSSR count). The third-order valence-corrected chi connectivity index (χ3v) is 4.59. The Morgan fingerprint density at radius 3 is 2.32 bits per heavy atom. The van der Waals surface area contributed by atoms with Crippen LogP contribution in [0.5, 0.6) is 0 Å². The third-order valence-electron chi connectivity index (χ3n) is 3.39. The monoisotopic (exact) mass is 429 g/mol. The highest BCUT2D eigenvalue weighted by Gasteiger charge is 2.67. The number of ketones is 1. The molecule has 28 heavy (non-hydrogen) atoms. The summed E-state index contributed by atoms with van der Waals surface area (Å²) < 4.78 is 86.6. The zero-order chi connectivity index (χ0) is 21.4. The van der Waals surface area contributed by atoms with E-state index < -0.39 is 45.6 Å². The standard InChI is InChI=1S/C16H19F4NO6S/c1-12(14(23)13-6-3-2-4-7-13)21-27-28(24,25)16(19,20)15(17,18)8-5-10-26-11-9-22/h2-4,6-7,22H,5,8-11H2,1H3/b21-12-. The van der Waals surface area contributed by atoms with Crippen molar-refractivity contribution in [2.45, 2.75) is 30.9 Å². The summed E-state index contributed by atoms with van der Waals surface area (Å²) in [4.78, 5) is 12.0. The maximum Gasteiger partial charge on any atom is 0.444 e. The van der Waals surface area contributed by atoms with Gasteiger partial charge in [-0.1, -0.05) is 35.5 Å². The van der Waals surface area contributed by atoms with Crippen LogP contribution in [0.1, 0.15) is 30.1 Å². The Labute approximate surface area is 159 Å². The van der Waals surface area contributed by atoms with Gasteiger partial charge in [-0.25, -0.2) is 0 Å². The predicted octanol–water partition coefficient (Wildman–Crippen LogP) is 2.61. The van der Waals surface area contributed by atoms with Crippen molar-refractivity contribution in [3.8, 4) is 0 Å². The molecule has 1 aromatic carbocycles. The summed E-state index contributed by atoms with van der Waals surface area (Å²) in [5.74, 6) is -5.80. The number of aliphatic hydroxyl groups excluding tert-OH is 1. The van der Waals surface area contributed by atoms with Crippen LogP contribution >= 0.6 is 0 Å². The van der Waals surface area contributed by atoms with E-state index in [0.717, 1.165) is 6.92 Å². The fourth-order valence-electron chi connectivity index (χ4n) is 1.88. The number of ether oxygens (including phenoxy) is 1. The van der Waals surface area contributed by atoms with E-state index in [9.17, 15) is 30.8 Å². The maximum atomic E-state index is 13.8. The fraction of sp³-hybridized carbons (Fsp3) is 0.500. The van der Waals surface area contributed by atoms with Crippen molar-refractivity contribution in [3.63, 3.8) is 0 Å². The van der Waals surface area contributed by atoms with Crippen molar-refractivity contribution in [2.24, 2.45) is 5.16 Å². The van der Waals surface area contributed by atoms with E-state index in [1.165, 1.54) is 24.3 Å². The number of halogens is 4. The Hall–Kier alpha value is -2.05. The zero-order valence-corrected chi connectivity index (χ0v) is 15.6. The Morgan fingerprint density at radius 2 is 1.75 bits per heavy atom. The quantitative estimate of drug-likeness (QED) is 0.180. The van der Waals surface area contributed by atoms with Crippen LogP contribution < -0.4 is 0 Å². The van der Waals surface area contributed by atoms with Gasteiger partial charge >= 0.3 is 21.3 Å². The molecule has 0 aliphatic heterocycles. The molecule has 0 fully saturated rings. The van der Waals surface area contributed by atoms with Crippen molar-refractivity contribution >= 4 is 21.6 Å². The highest BCUT2D eigenvalue weighted by molar-refractivity contribution is 7.87. The minimum absolute atomic E-state index is 0.0738. The first-order valence-corrected chi connectivity index (χ1v) is 9.39. The molecule has 1 aromatic rings. The lowest BCUT2D eigenvalue weighted by Crippen LogP contribution is -2.47. The lowest BCUT2D eigenvalue weighted by Gasteiger charge is -2.24. The molecular weight excluding hydrogens is 410 g/mol. The van der Waals surface area contributed by atoms with Crippen LogP contribution in [0.25, 0.3) is 0 Å². The van der Waals surface area contributed by atoms with Gasteiger partial charge in [0.1, 0.15) is 5.71 Å². The van der Waals surface area contributed by atoms with Gasteiger partial charge < -0.3 is 9.84 Å². The van der Waals surface area contributed by atoms with Crippen molar-refractivity contribution in [3.05, 3.63) is 35.9 Å². The van der Waals surface area contributed by atoms with Gasteiger partial charge in [0.25, 0.3) is 0 Å². The highest BCUT2D eigenvalue weighted by Crippen LogP contribution is 2.42. The van der Waals surface area contributed by atoms with Crippen LogP contribution in [-0.4, -0.2) is 56.0 Å². The minimum atomic E-state index is -6.18. The summed E-state index contributed by atoms with van der Waals surface area (Å²) in [6, 6.07) is 7.31. The predicted molar refractivity (Wildman–Crippen MR) is 90.9 cm³/mol. The molecule has 0 heterocycles. The van der Waals surface area contributed by atoms with Gasteiger partial charge in [-0.05, 0) is 13.3 Å². The number of nitrogens with zero attached hydrogens (tertiary/aromatic N) is 1. The van der Waals surface area contributed by atoms with Gasteiger partial charge in [-0.2, -0.15) is 26.0 Å². The van der Waals surface area contributed by atoms with E-state index >= 15 is 0 Å². The Bertz CT molecular complexity index is 784. The molecule has 0 aliphatic carbocycles. The molecule has 12 heteroatoms. The van der Waals surface area contributed by atoms with Crippen molar-refractivity contribution < 1.29 is 44.9 Å². The number of hydrogen-bond acceptors (Lipinski definition) is 7. The summed E-state index contributed by atoms with van der Waals surface area (Å²) in [5, 5.41) is 5.65. The Kier molecular flexibility index (Phi) is 8.51. The SMILES string of the molecule is C/C(=N/OS(=O)(=O)C(F)(F)C(F)(F)CCCOCCO)C(=O)c1ccccc1. The number of oxime groups is 1. The first-order chi connectivity index (χ1) is 13.0. The largest absolute Gasteiger partial charge is 0.444 e. The van der Waals surface area contributed by atoms with Crippen LogP contribution in [0, 0.1) is 0 Å². The van der Waals surface area contributed by atoms with Crippen LogP contribution in [0.2, 0.25) is 0 Å². The molecule has 0 saturated heterocycles. The number of carbonyl (C=O) groups is 1. The van der Waals surface area contributed by atoms with Gasteiger partial charge in [0.2, 0.25) is 5.78 Å². The molecule has 0 saturated carbocycles. The number of aliphatic hydroxyl groups is 1. The van der Waals surface area contributed by atoms with Crippen LogP contribution in [0.4, 0.5) is 17.6 Å². The normalized spacial score (nSPS) is 13.4. The Morgan fingerprint density at radius 1 is 1.14 bits per heavy atom. The molecule has 7 nitrogen and oxygen atoms in total. The van der Waals surface area contributed by atoms with E-state index in [1.54, 1.807) is 6.07 Å². The summed E-state index contributed by atoms with van der Waals surface area (Å²) in [6.45, 7) is 0.0518. The van der Waals surface area contributed by atoms with E-state index in [1.807, 2.05) is 0 Å². The second-order valence-corrected chi connectivity index (χ2v) is 7.13. The number of Topliss-reactive ketones (excluding diaryl/α,β-unsaturated/α-hetero) is 1. The van der Waals surface area contributed by atoms with E-state index in [2.05, 4.69) is 14.2 Å². The van der Waals surface area contributed by atoms with Gasteiger partial charge in [0.05, 0.1) is 13.2 Å². The summed E-state index contributed by atoms with van der Waals surface area (Å²) in [6.07, 6.45) is -2.10. The van der Waals surface area contributed by atoms with Gasteiger partial charge in [-0.15, -0.1) is 0 Å². The maximum absolute atomic E-state index is 13.8. The molecule has 0 spiro atoms. The number of alkyl halides is 4. The smallest absolute Gasteiger partial charge is 0.394 e. The van der Waals surface area contributed by atoms with E-state index in [-0.39, 0.29) is 25.4 Å². The number of hydrogen-bond donors (Lipinski definition) is 1. The molecule has 0 unspecified atom stereocenters. The Balaban J connectivity index is 2.84. The number of benzene rings is 1. The molecule has 0 atom stereocenters. The lowest BCUT2D eigenvalue weighted by molar-refractivity contribution is -0.167. The molecular formula is C16H19F4NO6S. The van der Waals surface area contributed by atoms with Gasteiger partial charge in [-0.3, -0.25) is 9.08 Å². The van der Waals surface area contributed by atoms with Crippen molar-refractivity contribution in [1.29, 1.82) is 0 Å². The minimum Gasteiger partial charge on any atom is -0.394 e. The molecule has 1 N–H and O–H groups in total. The lowest BCUT2D eigenvalue weighted by atomic mass is 10.1. The van der Waals surface area contributed by atoms with Crippen molar-refractivity contribution in [2.75, 3.05) is 19.8 Å². The summed E-state index contributed by atoms with van der Waals surface area (Å²) in [7, 11) is -6.18. The van der Waals surface area contributed by atoms with E-state index in [4.69, 9.17) is 5.11 Å². The molecule has 0 aliphatic rings. The second-order valence-electron chi connectivity index (χ2n) is 5.56. The molecule has 0 bridgehead atoms. The zero-order valence-electron chi connectivity index (χ0n) is 14.8. The molecule has 0 radical (unpaired) electrons. The highest BCUT2D eigenvalue weighted by atomic mass is 32.2. The van der Waals surface area contributed by atoms with Crippen LogP contribution in [-0.2, 0) is 19.1 Å². The van der Waals surface area contributed by atoms with Gasteiger partial charge in [0.15, 0.2) is 0 Å². The molecule has 0 aromatic heterocycles. The van der Waals surface area contributed by atoms with E-state index in [0.29, 0.717) is 0 Å². The average molecular weight is 429 g/mol. The van der Waals surface area contributed by atoms with Gasteiger partial charge in [0, 0.05) is 18.6 Å². The van der Waals surface area contributed by atoms with Crippen molar-refractivity contribution in [1.82, 2.24) is 0 Å². The third kappa shape index (κ3) is 5.97. The topological polar surface area (TPSA) is 102 Å². The van der Waals surface area contributed by atoms with Crippen LogP contribution in [0.15, 0.2) is 35.5 Å². The molecule has 158 valence electrons. The summed E-state index contributed by atoms with van der Waals surface area (Å²) in [5.41, 5.74) is -0.545.